The molecule has 3 nitrogen and oxygen atoms in total. The van der Waals surface area contributed by atoms with E-state index in [2.05, 4.69) is 4.98 Å². The molecular formula is C7H11N2O+. The fraction of sp³-hybridized carbons (Fsp3) is 0.429. The fourth-order valence-electron chi connectivity index (χ4n) is 0.845. The second-order valence-corrected chi connectivity index (χ2v) is 2.44. The monoisotopic (exact) mass is 139 g/mol. The van der Waals surface area contributed by atoms with Crippen LogP contribution >= 0.6 is 0 Å². The van der Waals surface area contributed by atoms with Crippen LogP contribution in [0.3, 0.4) is 0 Å². The summed E-state index contributed by atoms with van der Waals surface area (Å²) in [6, 6.07) is 0. The van der Waals surface area contributed by atoms with Crippen molar-refractivity contribution < 1.29 is 4.57 Å². The van der Waals surface area contributed by atoms with E-state index in [9.17, 15) is 4.79 Å². The molecular weight excluding hydrogens is 128 g/mol. The highest BCUT2D eigenvalue weighted by Crippen LogP contribution is 1.88. The van der Waals surface area contributed by atoms with E-state index >= 15 is 0 Å². The first-order chi connectivity index (χ1) is 4.61. The van der Waals surface area contributed by atoms with Crippen LogP contribution in [-0.4, -0.2) is 4.98 Å². The Morgan fingerprint density at radius 2 is 2.10 bits per heavy atom. The van der Waals surface area contributed by atoms with E-state index < -0.39 is 0 Å². The number of hydrogen-bond acceptors (Lipinski definition) is 1. The van der Waals surface area contributed by atoms with E-state index in [0.29, 0.717) is 0 Å². The highest BCUT2D eigenvalue weighted by molar-refractivity contribution is 4.99. The average Bonchev–Trinajstić information content (AvgIpc) is 1.82. The van der Waals surface area contributed by atoms with E-state index in [-0.39, 0.29) is 5.56 Å². The summed E-state index contributed by atoms with van der Waals surface area (Å²) in [4.78, 5) is 13.5. The number of hydrogen-bond donors (Lipinski definition) is 1. The maximum absolute atomic E-state index is 10.8. The topological polar surface area (TPSA) is 36.7 Å². The van der Waals surface area contributed by atoms with Crippen LogP contribution in [0.25, 0.3) is 0 Å². The average molecular weight is 139 g/mol. The molecule has 10 heavy (non-hydrogen) atoms. The predicted octanol–water partition coefficient (Wildman–Crippen LogP) is -0.184. The number of aromatic amines is 1. The zero-order valence-corrected chi connectivity index (χ0v) is 6.43. The summed E-state index contributed by atoms with van der Waals surface area (Å²) in [5.41, 5.74) is 1.96. The van der Waals surface area contributed by atoms with Crippen molar-refractivity contribution in [3.63, 3.8) is 0 Å². The van der Waals surface area contributed by atoms with E-state index in [1.54, 1.807) is 0 Å². The maximum Gasteiger partial charge on any atom is 0.312 e. The van der Waals surface area contributed by atoms with Gasteiger partial charge < -0.3 is 4.98 Å². The van der Waals surface area contributed by atoms with Crippen molar-refractivity contribution in [2.75, 3.05) is 0 Å². The standard InChI is InChI=1S/C7H10N2O/c1-5-6(2)9(3)4-7(10)8-5/h4H,1-3H3/p+1. The Hall–Kier alpha value is -1.12. The molecule has 0 aliphatic rings. The first kappa shape index (κ1) is 6.99. The van der Waals surface area contributed by atoms with Crippen molar-refractivity contribution in [2.24, 2.45) is 7.05 Å². The number of aromatic nitrogens is 2. The summed E-state index contributed by atoms with van der Waals surface area (Å²) < 4.78 is 1.81. The van der Waals surface area contributed by atoms with Crippen LogP contribution in [0, 0.1) is 13.8 Å². The minimum atomic E-state index is -0.0504. The molecule has 0 saturated heterocycles. The molecule has 0 aromatic carbocycles. The van der Waals surface area contributed by atoms with Crippen LogP contribution in [-0.2, 0) is 7.05 Å². The van der Waals surface area contributed by atoms with Gasteiger partial charge in [0.1, 0.15) is 7.05 Å². The number of aryl methyl sites for hydroxylation is 2. The van der Waals surface area contributed by atoms with Crippen molar-refractivity contribution >= 4 is 0 Å². The van der Waals surface area contributed by atoms with Crippen LogP contribution in [0.15, 0.2) is 11.0 Å². The van der Waals surface area contributed by atoms with Gasteiger partial charge in [0.2, 0.25) is 6.20 Å². The van der Waals surface area contributed by atoms with Crippen molar-refractivity contribution in [2.45, 2.75) is 13.8 Å². The Morgan fingerprint density at radius 3 is 2.60 bits per heavy atom. The molecule has 0 radical (unpaired) electrons. The van der Waals surface area contributed by atoms with Gasteiger partial charge in [0.25, 0.3) is 0 Å². The van der Waals surface area contributed by atoms with Gasteiger partial charge in [0.05, 0.1) is 5.69 Å². The molecule has 0 unspecified atom stereocenters. The van der Waals surface area contributed by atoms with Crippen molar-refractivity contribution in [1.82, 2.24) is 4.98 Å². The lowest BCUT2D eigenvalue weighted by Gasteiger charge is -1.94. The van der Waals surface area contributed by atoms with Crippen LogP contribution < -0.4 is 10.1 Å². The summed E-state index contributed by atoms with van der Waals surface area (Å²) in [5.74, 6) is 0. The maximum atomic E-state index is 10.8. The lowest BCUT2D eigenvalue weighted by molar-refractivity contribution is -0.679. The van der Waals surface area contributed by atoms with Crippen molar-refractivity contribution in [1.29, 1.82) is 0 Å². The van der Waals surface area contributed by atoms with Gasteiger partial charge in [-0.1, -0.05) is 0 Å². The zero-order chi connectivity index (χ0) is 7.72. The van der Waals surface area contributed by atoms with E-state index in [0.717, 1.165) is 11.4 Å². The highest BCUT2D eigenvalue weighted by Gasteiger charge is 2.04. The predicted molar refractivity (Wildman–Crippen MR) is 37.7 cm³/mol. The first-order valence-electron chi connectivity index (χ1n) is 3.17. The van der Waals surface area contributed by atoms with E-state index in [1.165, 1.54) is 6.20 Å². The smallest absolute Gasteiger partial charge is 0.312 e. The highest BCUT2D eigenvalue weighted by atomic mass is 16.1. The molecule has 1 aromatic rings. The lowest BCUT2D eigenvalue weighted by atomic mass is 10.3. The Kier molecular flexibility index (Phi) is 1.57. The van der Waals surface area contributed by atoms with Crippen LogP contribution in [0.5, 0.6) is 0 Å². The molecule has 0 aliphatic heterocycles. The summed E-state index contributed by atoms with van der Waals surface area (Å²) in [5, 5.41) is 0. The first-order valence-corrected chi connectivity index (χ1v) is 3.17. The molecule has 3 heteroatoms. The minimum Gasteiger partial charge on any atom is -0.316 e. The molecule has 1 rings (SSSR count). The van der Waals surface area contributed by atoms with Crippen LogP contribution in [0.2, 0.25) is 0 Å². The third kappa shape index (κ3) is 1.07. The van der Waals surface area contributed by atoms with Crippen LogP contribution in [0.4, 0.5) is 0 Å². The molecule has 0 amide bonds. The van der Waals surface area contributed by atoms with Gasteiger partial charge in [-0.3, -0.25) is 4.79 Å². The summed E-state index contributed by atoms with van der Waals surface area (Å²) in [6.45, 7) is 3.85. The molecule has 1 aromatic heterocycles. The molecule has 1 N–H and O–H groups in total. The Balaban J connectivity index is 3.46. The van der Waals surface area contributed by atoms with E-state index in [4.69, 9.17) is 0 Å². The zero-order valence-electron chi connectivity index (χ0n) is 6.43. The van der Waals surface area contributed by atoms with Gasteiger partial charge >= 0.3 is 5.56 Å². The van der Waals surface area contributed by atoms with Gasteiger partial charge in [-0.25, -0.2) is 0 Å². The van der Waals surface area contributed by atoms with Gasteiger partial charge in [-0.2, -0.15) is 4.57 Å². The van der Waals surface area contributed by atoms with Crippen molar-refractivity contribution in [3.8, 4) is 0 Å². The third-order valence-electron chi connectivity index (χ3n) is 1.69. The number of rotatable bonds is 0. The molecule has 0 spiro atoms. The largest absolute Gasteiger partial charge is 0.316 e. The molecule has 0 atom stereocenters. The molecule has 1 heterocycles. The molecule has 0 saturated carbocycles. The Bertz CT molecular complexity index is 275. The molecule has 0 aliphatic carbocycles. The van der Waals surface area contributed by atoms with E-state index in [1.807, 2.05) is 25.5 Å². The Labute approximate surface area is 59.3 Å². The fourth-order valence-corrected chi connectivity index (χ4v) is 0.845. The third-order valence-corrected chi connectivity index (χ3v) is 1.69. The quantitative estimate of drug-likeness (QED) is 0.497. The SMILES string of the molecule is Cc1[nH]c(=O)c[n+](C)c1C. The van der Waals surface area contributed by atoms with Crippen molar-refractivity contribution in [3.05, 3.63) is 27.9 Å². The summed E-state index contributed by atoms with van der Waals surface area (Å²) in [7, 11) is 1.86. The summed E-state index contributed by atoms with van der Waals surface area (Å²) in [6.07, 6.45) is 1.53. The normalized spacial score (nSPS) is 9.90. The summed E-state index contributed by atoms with van der Waals surface area (Å²) >= 11 is 0. The van der Waals surface area contributed by atoms with Gasteiger partial charge in [-0.15, -0.1) is 0 Å². The molecule has 0 bridgehead atoms. The minimum absolute atomic E-state index is 0.0504. The molecule has 0 fully saturated rings. The van der Waals surface area contributed by atoms with Gasteiger partial charge in [0.15, 0.2) is 5.69 Å². The Morgan fingerprint density at radius 1 is 1.50 bits per heavy atom. The molecule has 54 valence electrons. The second-order valence-electron chi connectivity index (χ2n) is 2.44. The number of nitrogens with one attached hydrogen (secondary N) is 1. The second kappa shape index (κ2) is 2.25. The van der Waals surface area contributed by atoms with Crippen LogP contribution in [0.1, 0.15) is 11.4 Å². The number of H-pyrrole nitrogens is 1. The number of nitrogens with zero attached hydrogens (tertiary/aromatic N) is 1. The van der Waals surface area contributed by atoms with Gasteiger partial charge in [0, 0.05) is 6.92 Å². The lowest BCUT2D eigenvalue weighted by Crippen LogP contribution is -2.37. The van der Waals surface area contributed by atoms with Gasteiger partial charge in [-0.05, 0) is 6.92 Å².